The van der Waals surface area contributed by atoms with Crippen LogP contribution < -0.4 is 5.32 Å². The van der Waals surface area contributed by atoms with E-state index in [4.69, 9.17) is 9.47 Å². The standard InChI is InChI=1S/C21H38BrN3O3/c1-10-23-18(15(2)21(8,27-9)17(4)22)16(3)24-11-13-25(14-12-24)19(26)28-20(5,6)7/h17,23H,3,10-14H2,1-2,4-9H3/b18-15-/t17-,21?/m1/s1. The maximum atomic E-state index is 12.3. The highest BCUT2D eigenvalue weighted by molar-refractivity contribution is 9.09. The van der Waals surface area contributed by atoms with Crippen LogP contribution in [0.1, 0.15) is 48.5 Å². The molecule has 1 fully saturated rings. The number of hydrogen-bond donors (Lipinski definition) is 1. The number of ether oxygens (including phenoxy) is 2. The van der Waals surface area contributed by atoms with Gasteiger partial charge in [0.25, 0.3) is 0 Å². The van der Waals surface area contributed by atoms with E-state index in [-0.39, 0.29) is 10.9 Å². The van der Waals surface area contributed by atoms with Gasteiger partial charge in [0.15, 0.2) is 0 Å². The molecular formula is C21H38BrN3O3. The third kappa shape index (κ3) is 6.14. The second kappa shape index (κ2) is 10.0. The van der Waals surface area contributed by atoms with Gasteiger partial charge in [0.05, 0.1) is 11.4 Å². The number of hydrogen-bond acceptors (Lipinski definition) is 5. The molecule has 1 aliphatic heterocycles. The second-order valence-corrected chi connectivity index (χ2v) is 9.73. The summed E-state index contributed by atoms with van der Waals surface area (Å²) in [5.74, 6) is 0. The molecule has 0 radical (unpaired) electrons. The molecule has 2 atom stereocenters. The number of likely N-dealkylation sites (N-methyl/N-ethyl adjacent to an activating group) is 1. The summed E-state index contributed by atoms with van der Waals surface area (Å²) in [4.78, 5) is 16.4. The van der Waals surface area contributed by atoms with Gasteiger partial charge in [0, 0.05) is 44.7 Å². The molecule has 0 spiro atoms. The molecule has 0 aromatic carbocycles. The molecule has 7 heteroatoms. The van der Waals surface area contributed by atoms with Gasteiger partial charge in [-0.25, -0.2) is 4.79 Å². The van der Waals surface area contributed by atoms with E-state index in [0.717, 1.165) is 23.5 Å². The lowest BCUT2D eigenvalue weighted by Crippen LogP contribution is -2.50. The lowest BCUT2D eigenvalue weighted by molar-refractivity contribution is 0.0169. The van der Waals surface area contributed by atoms with Gasteiger partial charge in [0.2, 0.25) is 0 Å². The number of alkyl halides is 1. The number of nitrogens with zero attached hydrogens (tertiary/aromatic N) is 2. The minimum Gasteiger partial charge on any atom is -0.444 e. The quantitative estimate of drug-likeness (QED) is 0.458. The lowest BCUT2D eigenvalue weighted by Gasteiger charge is -2.40. The van der Waals surface area contributed by atoms with Crippen molar-refractivity contribution in [1.82, 2.24) is 15.1 Å². The molecule has 1 unspecified atom stereocenters. The summed E-state index contributed by atoms with van der Waals surface area (Å²) in [6.07, 6.45) is -0.253. The molecule has 0 aromatic heterocycles. The number of nitrogens with one attached hydrogen (secondary N) is 1. The fourth-order valence-electron chi connectivity index (χ4n) is 3.13. The molecule has 0 bridgehead atoms. The Labute approximate surface area is 179 Å². The van der Waals surface area contributed by atoms with Gasteiger partial charge < -0.3 is 24.6 Å². The Bertz CT molecular complexity index is 590. The van der Waals surface area contributed by atoms with Gasteiger partial charge in [-0.3, -0.25) is 0 Å². The Kier molecular flexibility index (Phi) is 8.88. The normalized spacial score (nSPS) is 19.5. The zero-order chi connectivity index (χ0) is 21.7. The van der Waals surface area contributed by atoms with Crippen molar-refractivity contribution in [2.45, 2.75) is 64.5 Å². The van der Waals surface area contributed by atoms with Crippen LogP contribution in [0.15, 0.2) is 23.5 Å². The van der Waals surface area contributed by atoms with Gasteiger partial charge in [-0.05, 0) is 54.0 Å². The molecule has 1 rings (SSSR count). The first-order valence-electron chi connectivity index (χ1n) is 9.94. The van der Waals surface area contributed by atoms with Crippen LogP contribution in [-0.2, 0) is 9.47 Å². The number of carbonyl (C=O) groups is 1. The Balaban J connectivity index is 2.94. The van der Waals surface area contributed by atoms with Crippen molar-refractivity contribution in [3.05, 3.63) is 23.5 Å². The van der Waals surface area contributed by atoms with E-state index in [9.17, 15) is 4.79 Å². The topological polar surface area (TPSA) is 54.0 Å². The molecule has 1 saturated heterocycles. The highest BCUT2D eigenvalue weighted by atomic mass is 79.9. The zero-order valence-corrected chi connectivity index (χ0v) is 20.4. The van der Waals surface area contributed by atoms with Crippen LogP contribution in [-0.4, -0.2) is 71.8 Å². The van der Waals surface area contributed by atoms with Crippen molar-refractivity contribution < 1.29 is 14.3 Å². The first kappa shape index (κ1) is 24.8. The summed E-state index contributed by atoms with van der Waals surface area (Å²) in [6, 6.07) is 0. The average Bonchev–Trinajstić information content (AvgIpc) is 2.62. The van der Waals surface area contributed by atoms with Gasteiger partial charge in [-0.15, -0.1) is 0 Å². The Morgan fingerprint density at radius 3 is 2.07 bits per heavy atom. The lowest BCUT2D eigenvalue weighted by atomic mass is 9.91. The van der Waals surface area contributed by atoms with Gasteiger partial charge in [0.1, 0.15) is 11.2 Å². The van der Waals surface area contributed by atoms with Crippen LogP contribution in [0.3, 0.4) is 0 Å². The van der Waals surface area contributed by atoms with Crippen LogP contribution in [0.5, 0.6) is 0 Å². The molecule has 162 valence electrons. The average molecular weight is 460 g/mol. The van der Waals surface area contributed by atoms with Crippen molar-refractivity contribution in [2.75, 3.05) is 39.8 Å². The zero-order valence-electron chi connectivity index (χ0n) is 18.8. The number of methoxy groups -OCH3 is 1. The van der Waals surface area contributed by atoms with E-state index in [1.807, 2.05) is 20.8 Å². The highest BCUT2D eigenvalue weighted by Crippen LogP contribution is 2.33. The fraction of sp³-hybridized carbons (Fsp3) is 0.762. The number of piperazine rings is 1. The van der Waals surface area contributed by atoms with Gasteiger partial charge in [-0.1, -0.05) is 22.5 Å². The summed E-state index contributed by atoms with van der Waals surface area (Å²) in [5, 5.41) is 3.47. The second-order valence-electron chi connectivity index (χ2n) is 8.36. The largest absolute Gasteiger partial charge is 0.444 e. The molecule has 1 N–H and O–H groups in total. The first-order valence-corrected chi connectivity index (χ1v) is 10.9. The third-order valence-electron chi connectivity index (χ3n) is 5.26. The van der Waals surface area contributed by atoms with Crippen LogP contribution in [0.25, 0.3) is 0 Å². The summed E-state index contributed by atoms with van der Waals surface area (Å²) in [5.41, 5.74) is 2.09. The molecule has 0 saturated carbocycles. The van der Waals surface area contributed by atoms with E-state index >= 15 is 0 Å². The molecule has 1 aliphatic rings. The maximum absolute atomic E-state index is 12.3. The summed E-state index contributed by atoms with van der Waals surface area (Å²) >= 11 is 3.68. The third-order valence-corrected chi connectivity index (χ3v) is 6.13. The summed E-state index contributed by atoms with van der Waals surface area (Å²) in [6.45, 7) is 21.8. The molecule has 28 heavy (non-hydrogen) atoms. The smallest absolute Gasteiger partial charge is 0.410 e. The monoisotopic (exact) mass is 459 g/mol. The Morgan fingerprint density at radius 2 is 1.68 bits per heavy atom. The van der Waals surface area contributed by atoms with Crippen LogP contribution in [0.2, 0.25) is 0 Å². The Morgan fingerprint density at radius 1 is 1.18 bits per heavy atom. The highest BCUT2D eigenvalue weighted by Gasteiger charge is 2.35. The number of halogens is 1. The van der Waals surface area contributed by atoms with Crippen molar-refractivity contribution in [3.63, 3.8) is 0 Å². The van der Waals surface area contributed by atoms with Crippen LogP contribution in [0.4, 0.5) is 4.79 Å². The van der Waals surface area contributed by atoms with Crippen molar-refractivity contribution in [2.24, 2.45) is 0 Å². The number of rotatable bonds is 7. The first-order chi connectivity index (χ1) is 12.9. The van der Waals surface area contributed by atoms with E-state index in [1.165, 1.54) is 0 Å². The fourth-order valence-corrected chi connectivity index (χ4v) is 3.66. The van der Waals surface area contributed by atoms with E-state index < -0.39 is 11.2 Å². The molecule has 0 aliphatic carbocycles. The molecule has 0 aromatic rings. The molecule has 6 nitrogen and oxygen atoms in total. The number of carbonyl (C=O) groups excluding carboxylic acids is 1. The SMILES string of the molecule is C=C(/C(NCC)=C(\C)C(C)(OC)[C@@H](C)Br)N1CCN(C(=O)OC(C)(C)C)CC1. The predicted molar refractivity (Wildman–Crippen MR) is 119 cm³/mol. The Hall–Kier alpha value is -1.21. The summed E-state index contributed by atoms with van der Waals surface area (Å²) < 4.78 is 11.3. The molecular weight excluding hydrogens is 422 g/mol. The van der Waals surface area contributed by atoms with Crippen LogP contribution >= 0.6 is 15.9 Å². The molecule has 1 amide bonds. The molecule has 1 heterocycles. The predicted octanol–water partition coefficient (Wildman–Crippen LogP) is 4.12. The minimum atomic E-state index is -0.479. The summed E-state index contributed by atoms with van der Waals surface area (Å²) in [7, 11) is 1.73. The van der Waals surface area contributed by atoms with Gasteiger partial charge >= 0.3 is 6.09 Å². The van der Waals surface area contributed by atoms with Crippen molar-refractivity contribution in [3.8, 4) is 0 Å². The van der Waals surface area contributed by atoms with Crippen molar-refractivity contribution >= 4 is 22.0 Å². The van der Waals surface area contributed by atoms with Crippen molar-refractivity contribution in [1.29, 1.82) is 0 Å². The van der Waals surface area contributed by atoms with Crippen LogP contribution in [0, 0.1) is 0 Å². The number of amides is 1. The van der Waals surface area contributed by atoms with E-state index in [1.54, 1.807) is 12.0 Å². The van der Waals surface area contributed by atoms with E-state index in [0.29, 0.717) is 26.2 Å². The maximum Gasteiger partial charge on any atom is 0.410 e. The van der Waals surface area contributed by atoms with E-state index in [2.05, 4.69) is 60.4 Å². The van der Waals surface area contributed by atoms with Gasteiger partial charge in [-0.2, -0.15) is 0 Å². The minimum absolute atomic E-state index is 0.135.